The van der Waals surface area contributed by atoms with Crippen LogP contribution in [0.3, 0.4) is 0 Å². The van der Waals surface area contributed by atoms with Crippen molar-refractivity contribution in [3.05, 3.63) is 204 Å². The standard InChI is InChI=1S/C53H40N2/c1-35-9-27-50-46(31-35)47-32-36(2)10-28-51(47)55(50)45-25-22-41(23-26-45)40-18-14-38(15-19-40)12-13-39-16-20-42(21-17-39)43-24-30-53-49(34-43)48-33-37(3)11-29-52(48)54(53)44-7-5-4-6-8-44/h4-34H,1-3H3. The third kappa shape index (κ3) is 5.84. The highest BCUT2D eigenvalue weighted by molar-refractivity contribution is 6.11. The van der Waals surface area contributed by atoms with Crippen molar-refractivity contribution in [1.29, 1.82) is 0 Å². The van der Waals surface area contributed by atoms with Crippen molar-refractivity contribution in [2.45, 2.75) is 20.8 Å². The van der Waals surface area contributed by atoms with E-state index in [1.165, 1.54) is 105 Å². The molecule has 0 aliphatic carbocycles. The molecule has 55 heavy (non-hydrogen) atoms. The van der Waals surface area contributed by atoms with Crippen LogP contribution < -0.4 is 0 Å². The van der Waals surface area contributed by atoms with Crippen LogP contribution in [0.2, 0.25) is 0 Å². The van der Waals surface area contributed by atoms with Gasteiger partial charge in [-0.3, -0.25) is 0 Å². The number of rotatable bonds is 6. The van der Waals surface area contributed by atoms with Gasteiger partial charge in [0.05, 0.1) is 22.1 Å². The normalized spacial score (nSPS) is 11.8. The van der Waals surface area contributed by atoms with Gasteiger partial charge in [-0.05, 0) is 127 Å². The molecule has 2 heteroatoms. The number of para-hydroxylation sites is 1. The Morgan fingerprint density at radius 3 is 1.11 bits per heavy atom. The smallest absolute Gasteiger partial charge is 0.0541 e. The third-order valence-corrected chi connectivity index (χ3v) is 11.1. The molecule has 0 aliphatic rings. The van der Waals surface area contributed by atoms with Crippen molar-refractivity contribution in [3.8, 4) is 33.6 Å². The molecule has 0 aliphatic heterocycles. The second kappa shape index (κ2) is 13.2. The highest BCUT2D eigenvalue weighted by Crippen LogP contribution is 2.37. The molecule has 2 aromatic heterocycles. The van der Waals surface area contributed by atoms with Gasteiger partial charge in [0, 0.05) is 32.9 Å². The molecule has 262 valence electrons. The van der Waals surface area contributed by atoms with Crippen molar-refractivity contribution in [2.24, 2.45) is 0 Å². The minimum atomic E-state index is 1.17. The zero-order valence-corrected chi connectivity index (χ0v) is 31.3. The highest BCUT2D eigenvalue weighted by atomic mass is 15.0. The van der Waals surface area contributed by atoms with E-state index in [0.717, 1.165) is 0 Å². The minimum Gasteiger partial charge on any atom is -0.309 e. The Labute approximate surface area is 321 Å². The van der Waals surface area contributed by atoms with Gasteiger partial charge in [0.2, 0.25) is 0 Å². The van der Waals surface area contributed by atoms with E-state index in [0.29, 0.717) is 0 Å². The lowest BCUT2D eigenvalue weighted by Gasteiger charge is -2.10. The first-order chi connectivity index (χ1) is 27.0. The summed E-state index contributed by atoms with van der Waals surface area (Å²) in [7, 11) is 0. The monoisotopic (exact) mass is 704 g/mol. The van der Waals surface area contributed by atoms with Gasteiger partial charge in [-0.25, -0.2) is 0 Å². The van der Waals surface area contributed by atoms with E-state index in [4.69, 9.17) is 0 Å². The topological polar surface area (TPSA) is 9.86 Å². The zero-order valence-electron chi connectivity index (χ0n) is 31.3. The molecule has 0 fully saturated rings. The summed E-state index contributed by atoms with van der Waals surface area (Å²) in [6.45, 7) is 6.50. The van der Waals surface area contributed by atoms with Crippen molar-refractivity contribution in [3.63, 3.8) is 0 Å². The van der Waals surface area contributed by atoms with E-state index in [9.17, 15) is 0 Å². The number of aryl methyl sites for hydroxylation is 3. The Hall–Kier alpha value is -6.90. The largest absolute Gasteiger partial charge is 0.309 e. The van der Waals surface area contributed by atoms with Crippen molar-refractivity contribution in [1.82, 2.24) is 9.13 Å². The summed E-state index contributed by atoms with van der Waals surface area (Å²) >= 11 is 0. The number of hydrogen-bond acceptors (Lipinski definition) is 0. The fourth-order valence-corrected chi connectivity index (χ4v) is 8.27. The molecule has 2 heterocycles. The number of fused-ring (bicyclic) bond motifs is 6. The van der Waals surface area contributed by atoms with Crippen LogP contribution in [0.5, 0.6) is 0 Å². The fourth-order valence-electron chi connectivity index (χ4n) is 8.27. The molecule has 10 rings (SSSR count). The molecule has 10 aromatic rings. The fraction of sp³-hybridized carbons (Fsp3) is 0.0566. The maximum Gasteiger partial charge on any atom is 0.0541 e. The molecule has 0 N–H and O–H groups in total. The van der Waals surface area contributed by atoms with Crippen LogP contribution in [0.4, 0.5) is 0 Å². The lowest BCUT2D eigenvalue weighted by Crippen LogP contribution is -1.93. The molecule has 0 amide bonds. The van der Waals surface area contributed by atoms with Gasteiger partial charge in [-0.2, -0.15) is 0 Å². The van der Waals surface area contributed by atoms with Crippen LogP contribution in [0.1, 0.15) is 27.8 Å². The number of benzene rings is 8. The van der Waals surface area contributed by atoms with Crippen LogP contribution in [-0.2, 0) is 0 Å². The molecule has 0 saturated heterocycles. The number of aromatic nitrogens is 2. The van der Waals surface area contributed by atoms with Gasteiger partial charge in [0.15, 0.2) is 0 Å². The van der Waals surface area contributed by atoms with E-state index in [1.54, 1.807) is 0 Å². The van der Waals surface area contributed by atoms with Gasteiger partial charge < -0.3 is 9.13 Å². The maximum absolute atomic E-state index is 2.39. The summed E-state index contributed by atoms with van der Waals surface area (Å²) in [5.41, 5.74) is 18.3. The van der Waals surface area contributed by atoms with E-state index < -0.39 is 0 Å². The average molecular weight is 705 g/mol. The van der Waals surface area contributed by atoms with Crippen LogP contribution in [0.15, 0.2) is 176 Å². The van der Waals surface area contributed by atoms with Crippen molar-refractivity contribution >= 4 is 55.8 Å². The van der Waals surface area contributed by atoms with Crippen molar-refractivity contribution < 1.29 is 0 Å². The van der Waals surface area contributed by atoms with Crippen molar-refractivity contribution in [2.75, 3.05) is 0 Å². The van der Waals surface area contributed by atoms with Crippen LogP contribution >= 0.6 is 0 Å². The van der Waals surface area contributed by atoms with Gasteiger partial charge in [-0.15, -0.1) is 0 Å². The summed E-state index contributed by atoms with van der Waals surface area (Å²) < 4.78 is 4.76. The predicted molar refractivity (Wildman–Crippen MR) is 236 cm³/mol. The van der Waals surface area contributed by atoms with Gasteiger partial charge in [-0.1, -0.05) is 132 Å². The molecule has 8 aromatic carbocycles. The quantitative estimate of drug-likeness (QED) is 0.153. The highest BCUT2D eigenvalue weighted by Gasteiger charge is 2.15. The lowest BCUT2D eigenvalue weighted by molar-refractivity contribution is 1.18. The first-order valence-electron chi connectivity index (χ1n) is 19.1. The Morgan fingerprint density at radius 2 is 0.655 bits per heavy atom. The SMILES string of the molecule is Cc1ccc2c(c1)c1cc(C)ccc1n2-c1ccc(-c2ccc(C=Cc3ccc(-c4ccc5c(c4)c4cc(C)ccc4n5-c4ccccc4)cc3)cc2)cc1. The Kier molecular flexibility index (Phi) is 7.85. The number of nitrogens with zero attached hydrogens (tertiary/aromatic N) is 2. The van der Waals surface area contributed by atoms with Gasteiger partial charge >= 0.3 is 0 Å². The third-order valence-electron chi connectivity index (χ3n) is 11.1. The molecule has 2 nitrogen and oxygen atoms in total. The van der Waals surface area contributed by atoms with Crippen LogP contribution in [0, 0.1) is 20.8 Å². The van der Waals surface area contributed by atoms with E-state index in [-0.39, 0.29) is 0 Å². The Bertz CT molecular complexity index is 3010. The Balaban J connectivity index is 0.879. The first kappa shape index (κ1) is 32.7. The first-order valence-corrected chi connectivity index (χ1v) is 19.1. The van der Waals surface area contributed by atoms with E-state index >= 15 is 0 Å². The summed E-state index contributed by atoms with van der Waals surface area (Å²) in [5.74, 6) is 0. The van der Waals surface area contributed by atoms with Crippen LogP contribution in [-0.4, -0.2) is 9.13 Å². The maximum atomic E-state index is 2.39. The summed E-state index contributed by atoms with van der Waals surface area (Å²) in [5, 5.41) is 5.17. The van der Waals surface area contributed by atoms with Gasteiger partial charge in [0.25, 0.3) is 0 Å². The Morgan fingerprint density at radius 1 is 0.309 bits per heavy atom. The van der Waals surface area contributed by atoms with Crippen LogP contribution in [0.25, 0.3) is 89.4 Å². The average Bonchev–Trinajstić information content (AvgIpc) is 3.72. The molecule has 0 saturated carbocycles. The molecule has 0 radical (unpaired) electrons. The molecule has 0 bridgehead atoms. The molecular formula is C53H40N2. The second-order valence-corrected chi connectivity index (χ2v) is 14.9. The summed E-state index contributed by atoms with van der Waals surface area (Å²) in [4.78, 5) is 0. The summed E-state index contributed by atoms with van der Waals surface area (Å²) in [6, 6.07) is 64.5. The van der Waals surface area contributed by atoms with E-state index in [1.807, 2.05) is 0 Å². The molecular weight excluding hydrogens is 665 g/mol. The summed E-state index contributed by atoms with van der Waals surface area (Å²) in [6.07, 6.45) is 4.39. The predicted octanol–water partition coefficient (Wildman–Crippen LogP) is 14.3. The van der Waals surface area contributed by atoms with Gasteiger partial charge in [0.1, 0.15) is 0 Å². The second-order valence-electron chi connectivity index (χ2n) is 14.9. The molecule has 0 spiro atoms. The molecule has 0 atom stereocenters. The number of hydrogen-bond donors (Lipinski definition) is 0. The lowest BCUT2D eigenvalue weighted by atomic mass is 10.0. The zero-order chi connectivity index (χ0) is 37.0. The van der Waals surface area contributed by atoms with E-state index in [2.05, 4.69) is 218 Å². The minimum absolute atomic E-state index is 1.17. The molecule has 0 unspecified atom stereocenters.